The van der Waals surface area contributed by atoms with Gasteiger partial charge in [0.2, 0.25) is 0 Å². The van der Waals surface area contributed by atoms with Gasteiger partial charge in [0, 0.05) is 6.04 Å². The molecule has 0 saturated heterocycles. The maximum atomic E-state index is 13.6. The zero-order chi connectivity index (χ0) is 13.2. The van der Waals surface area contributed by atoms with E-state index >= 15 is 0 Å². The number of carboxylic acid groups (broad SMARTS) is 1. The molecule has 0 radical (unpaired) electrons. The fourth-order valence-corrected chi connectivity index (χ4v) is 1.79. The van der Waals surface area contributed by atoms with Crippen molar-refractivity contribution >= 4 is 5.97 Å². The Hall–Kier alpha value is -1.49. The summed E-state index contributed by atoms with van der Waals surface area (Å²) in [5.74, 6) is -3.07. The number of carbonyl (C=O) groups is 1. The van der Waals surface area contributed by atoms with Crippen molar-refractivity contribution in [1.82, 2.24) is 5.32 Å². The Morgan fingerprint density at radius 2 is 1.82 bits per heavy atom. The van der Waals surface area contributed by atoms with Crippen LogP contribution < -0.4 is 5.32 Å². The zero-order valence-electron chi connectivity index (χ0n) is 9.92. The Kier molecular flexibility index (Phi) is 3.83. The maximum Gasteiger partial charge on any atom is 0.328 e. The van der Waals surface area contributed by atoms with Crippen LogP contribution >= 0.6 is 0 Å². The highest BCUT2D eigenvalue weighted by atomic mass is 19.1. The van der Waals surface area contributed by atoms with Crippen LogP contribution in [0.2, 0.25) is 0 Å². The van der Waals surface area contributed by atoms with Crippen molar-refractivity contribution < 1.29 is 18.7 Å². The van der Waals surface area contributed by atoms with E-state index in [1.165, 1.54) is 13.0 Å². The molecule has 0 heterocycles. The zero-order valence-corrected chi connectivity index (χ0v) is 9.92. The van der Waals surface area contributed by atoms with Gasteiger partial charge in [0.1, 0.15) is 17.2 Å². The van der Waals surface area contributed by atoms with E-state index in [0.29, 0.717) is 0 Å². The first kappa shape index (κ1) is 13.6. The molecular weight excluding hydrogens is 228 g/mol. The summed E-state index contributed by atoms with van der Waals surface area (Å²) in [7, 11) is 0. The Morgan fingerprint density at radius 3 is 2.18 bits per heavy atom. The molecule has 0 spiro atoms. The Bertz CT molecular complexity index is 414. The number of hydrogen-bond acceptors (Lipinski definition) is 2. The minimum absolute atomic E-state index is 0.227. The standard InChI is InChI=1S/C12H15F2NO2/c1-7(2)15-12(3,11(16)17)10-8(13)5-4-6-9(10)14/h4-7,15H,1-3H3,(H,16,17). The molecule has 1 aromatic rings. The molecule has 3 nitrogen and oxygen atoms in total. The lowest BCUT2D eigenvalue weighted by atomic mass is 9.90. The third kappa shape index (κ3) is 2.61. The first-order valence-electron chi connectivity index (χ1n) is 5.24. The average Bonchev–Trinajstić information content (AvgIpc) is 2.15. The number of rotatable bonds is 4. The van der Waals surface area contributed by atoms with Gasteiger partial charge in [-0.1, -0.05) is 6.07 Å². The molecule has 1 aromatic carbocycles. The second kappa shape index (κ2) is 4.79. The molecule has 0 aliphatic carbocycles. The van der Waals surface area contributed by atoms with Crippen LogP contribution in [0.15, 0.2) is 18.2 Å². The largest absolute Gasteiger partial charge is 0.480 e. The quantitative estimate of drug-likeness (QED) is 0.852. The van der Waals surface area contributed by atoms with Gasteiger partial charge in [-0.2, -0.15) is 0 Å². The lowest BCUT2D eigenvalue weighted by Gasteiger charge is -2.29. The fourth-order valence-electron chi connectivity index (χ4n) is 1.79. The van der Waals surface area contributed by atoms with Crippen LogP contribution in [0.1, 0.15) is 26.3 Å². The van der Waals surface area contributed by atoms with Crippen LogP contribution in [0.4, 0.5) is 8.78 Å². The lowest BCUT2D eigenvalue weighted by Crippen LogP contribution is -2.50. The SMILES string of the molecule is CC(C)NC(C)(C(=O)O)c1c(F)cccc1F. The molecule has 0 aliphatic rings. The summed E-state index contributed by atoms with van der Waals surface area (Å²) in [6.07, 6.45) is 0. The highest BCUT2D eigenvalue weighted by molar-refractivity contribution is 5.80. The molecule has 0 aromatic heterocycles. The van der Waals surface area contributed by atoms with Crippen LogP contribution in [0, 0.1) is 11.6 Å². The lowest BCUT2D eigenvalue weighted by molar-refractivity contribution is -0.145. The van der Waals surface area contributed by atoms with E-state index in [9.17, 15) is 18.7 Å². The van der Waals surface area contributed by atoms with Crippen molar-refractivity contribution in [2.24, 2.45) is 0 Å². The van der Waals surface area contributed by atoms with E-state index in [4.69, 9.17) is 0 Å². The summed E-state index contributed by atoms with van der Waals surface area (Å²) < 4.78 is 27.2. The third-order valence-electron chi connectivity index (χ3n) is 2.47. The van der Waals surface area contributed by atoms with Crippen LogP contribution in [-0.2, 0) is 10.3 Å². The number of halogens is 2. The maximum absolute atomic E-state index is 13.6. The van der Waals surface area contributed by atoms with Gasteiger partial charge in [-0.3, -0.25) is 5.32 Å². The minimum Gasteiger partial charge on any atom is -0.480 e. The average molecular weight is 243 g/mol. The predicted molar refractivity (Wildman–Crippen MR) is 59.6 cm³/mol. The van der Waals surface area contributed by atoms with E-state index < -0.39 is 28.7 Å². The minimum atomic E-state index is -1.79. The molecule has 1 rings (SSSR count). The number of aliphatic carboxylic acids is 1. The van der Waals surface area contributed by atoms with Crippen LogP contribution in [0.25, 0.3) is 0 Å². The second-order valence-electron chi connectivity index (χ2n) is 4.33. The summed E-state index contributed by atoms with van der Waals surface area (Å²) in [5.41, 5.74) is -2.26. The number of benzene rings is 1. The Balaban J connectivity index is 3.37. The molecule has 17 heavy (non-hydrogen) atoms. The molecule has 1 unspecified atom stereocenters. The van der Waals surface area contributed by atoms with Crippen molar-refractivity contribution in [1.29, 1.82) is 0 Å². The summed E-state index contributed by atoms with van der Waals surface area (Å²) >= 11 is 0. The van der Waals surface area contributed by atoms with Crippen molar-refractivity contribution in [2.45, 2.75) is 32.4 Å². The number of carboxylic acids is 1. The predicted octanol–water partition coefficient (Wildman–Crippen LogP) is 2.26. The Morgan fingerprint density at radius 1 is 1.35 bits per heavy atom. The van der Waals surface area contributed by atoms with Crippen molar-refractivity contribution in [2.75, 3.05) is 0 Å². The highest BCUT2D eigenvalue weighted by Crippen LogP contribution is 2.27. The molecule has 0 aliphatic heterocycles. The van der Waals surface area contributed by atoms with Crippen molar-refractivity contribution in [3.8, 4) is 0 Å². The van der Waals surface area contributed by atoms with Gasteiger partial charge in [0.15, 0.2) is 0 Å². The summed E-state index contributed by atoms with van der Waals surface area (Å²) in [6, 6.07) is 3.06. The smallest absolute Gasteiger partial charge is 0.328 e. The van der Waals surface area contributed by atoms with Gasteiger partial charge < -0.3 is 5.11 Å². The molecule has 2 N–H and O–H groups in total. The van der Waals surface area contributed by atoms with Crippen molar-refractivity contribution in [3.63, 3.8) is 0 Å². The van der Waals surface area contributed by atoms with E-state index in [2.05, 4.69) is 5.32 Å². The van der Waals surface area contributed by atoms with E-state index in [-0.39, 0.29) is 6.04 Å². The van der Waals surface area contributed by atoms with Gasteiger partial charge in [0.05, 0.1) is 5.56 Å². The summed E-state index contributed by atoms with van der Waals surface area (Å²) in [5, 5.41) is 11.9. The fraction of sp³-hybridized carbons (Fsp3) is 0.417. The summed E-state index contributed by atoms with van der Waals surface area (Å²) in [6.45, 7) is 4.66. The van der Waals surface area contributed by atoms with Crippen LogP contribution in [0.5, 0.6) is 0 Å². The molecule has 5 heteroatoms. The molecule has 0 bridgehead atoms. The molecular formula is C12H15F2NO2. The van der Waals surface area contributed by atoms with Gasteiger partial charge in [-0.05, 0) is 32.9 Å². The molecule has 0 fully saturated rings. The van der Waals surface area contributed by atoms with Gasteiger partial charge in [-0.25, -0.2) is 13.6 Å². The van der Waals surface area contributed by atoms with E-state index in [1.54, 1.807) is 13.8 Å². The van der Waals surface area contributed by atoms with Gasteiger partial charge >= 0.3 is 5.97 Å². The first-order valence-corrected chi connectivity index (χ1v) is 5.24. The van der Waals surface area contributed by atoms with Crippen LogP contribution in [-0.4, -0.2) is 17.1 Å². The molecule has 0 saturated carbocycles. The molecule has 1 atom stereocenters. The van der Waals surface area contributed by atoms with E-state index in [1.807, 2.05) is 0 Å². The molecule has 0 amide bonds. The molecule has 94 valence electrons. The second-order valence-corrected chi connectivity index (χ2v) is 4.33. The van der Waals surface area contributed by atoms with Gasteiger partial charge in [-0.15, -0.1) is 0 Å². The number of hydrogen-bond donors (Lipinski definition) is 2. The highest BCUT2D eigenvalue weighted by Gasteiger charge is 2.40. The Labute approximate surface area is 98.5 Å². The summed E-state index contributed by atoms with van der Waals surface area (Å²) in [4.78, 5) is 11.3. The normalized spacial score (nSPS) is 14.7. The van der Waals surface area contributed by atoms with Gasteiger partial charge in [0.25, 0.3) is 0 Å². The van der Waals surface area contributed by atoms with E-state index in [0.717, 1.165) is 12.1 Å². The first-order chi connectivity index (χ1) is 7.79. The number of nitrogens with one attached hydrogen (secondary N) is 1. The van der Waals surface area contributed by atoms with Crippen LogP contribution in [0.3, 0.4) is 0 Å². The third-order valence-corrected chi connectivity index (χ3v) is 2.47. The van der Waals surface area contributed by atoms with Crippen molar-refractivity contribution in [3.05, 3.63) is 35.4 Å². The monoisotopic (exact) mass is 243 g/mol. The topological polar surface area (TPSA) is 49.3 Å².